The van der Waals surface area contributed by atoms with E-state index in [1.54, 1.807) is 24.3 Å². The number of fused-ring (bicyclic) bond motifs is 1. The zero-order chi connectivity index (χ0) is 25.4. The van der Waals surface area contributed by atoms with Crippen molar-refractivity contribution in [2.45, 2.75) is 30.7 Å². The molecule has 186 valence electrons. The molecular weight excluding hydrogens is 468 g/mol. The lowest BCUT2D eigenvalue weighted by atomic mass is 9.99. The summed E-state index contributed by atoms with van der Waals surface area (Å²) in [5, 5.41) is 49.4. The van der Waals surface area contributed by atoms with Crippen LogP contribution in [0.5, 0.6) is 23.0 Å². The first-order valence-corrected chi connectivity index (χ1v) is 10.3. The molecule has 0 radical (unpaired) electrons. The van der Waals surface area contributed by atoms with E-state index < -0.39 is 53.6 Å². The Balaban J connectivity index is 1.76. The van der Waals surface area contributed by atoms with Crippen molar-refractivity contribution in [3.63, 3.8) is 0 Å². The Bertz CT molecular complexity index is 1300. The Morgan fingerprint density at radius 1 is 0.943 bits per heavy atom. The van der Waals surface area contributed by atoms with Crippen molar-refractivity contribution in [2.24, 2.45) is 0 Å². The largest absolute Gasteiger partial charge is 0.507 e. The number of methoxy groups -OCH3 is 2. The molecule has 0 spiro atoms. The fourth-order valence-corrected chi connectivity index (χ4v) is 3.66. The van der Waals surface area contributed by atoms with Crippen molar-refractivity contribution in [3.05, 3.63) is 46.6 Å². The normalized spacial score (nSPS) is 24.2. The highest BCUT2D eigenvalue weighted by Gasteiger charge is 2.47. The van der Waals surface area contributed by atoms with E-state index in [4.69, 9.17) is 23.4 Å². The predicted molar refractivity (Wildman–Crippen MR) is 117 cm³/mol. The lowest BCUT2D eigenvalue weighted by molar-refractivity contribution is -0.279. The number of aliphatic hydroxyl groups is 4. The van der Waals surface area contributed by atoms with Gasteiger partial charge in [0.15, 0.2) is 29.2 Å². The molecule has 1 aromatic heterocycles. The topological polar surface area (TPSA) is 185 Å². The SMILES string of the molecule is COc1ccc(-c2cc(=O)c3c(O)cc(OC(=O)[C@H]4O[C@@H](O)[C@H](O)[C@@H](O)[C@@H]4O)c(OC)c3o2)cc1. The average molecular weight is 490 g/mol. The molecule has 5 N–H and O–H groups in total. The van der Waals surface area contributed by atoms with E-state index in [0.29, 0.717) is 11.3 Å². The molecule has 2 aromatic carbocycles. The van der Waals surface area contributed by atoms with Crippen LogP contribution in [0.4, 0.5) is 0 Å². The van der Waals surface area contributed by atoms with E-state index in [2.05, 4.69) is 0 Å². The van der Waals surface area contributed by atoms with Gasteiger partial charge < -0.3 is 48.9 Å². The summed E-state index contributed by atoms with van der Waals surface area (Å²) in [5.74, 6) is -1.80. The Hall–Kier alpha value is -3.68. The highest BCUT2D eigenvalue weighted by molar-refractivity contribution is 5.93. The molecule has 1 fully saturated rings. The van der Waals surface area contributed by atoms with Gasteiger partial charge in [0.05, 0.1) is 14.2 Å². The molecular formula is C23H22O12. The van der Waals surface area contributed by atoms with Crippen LogP contribution >= 0.6 is 0 Å². The number of benzene rings is 2. The summed E-state index contributed by atoms with van der Waals surface area (Å²) in [7, 11) is 2.71. The maximum absolute atomic E-state index is 12.8. The molecule has 35 heavy (non-hydrogen) atoms. The number of ether oxygens (including phenoxy) is 4. The Kier molecular flexibility index (Phi) is 6.65. The van der Waals surface area contributed by atoms with Crippen molar-refractivity contribution < 1.29 is 53.7 Å². The number of esters is 1. The first-order valence-electron chi connectivity index (χ1n) is 10.3. The minimum Gasteiger partial charge on any atom is -0.507 e. The number of aliphatic hydroxyl groups excluding tert-OH is 4. The molecule has 12 nitrogen and oxygen atoms in total. The van der Waals surface area contributed by atoms with Gasteiger partial charge in [0.25, 0.3) is 0 Å². The number of carbonyl (C=O) groups excluding carboxylic acids is 1. The van der Waals surface area contributed by atoms with Gasteiger partial charge >= 0.3 is 5.97 Å². The molecule has 1 saturated heterocycles. The van der Waals surface area contributed by atoms with Crippen molar-refractivity contribution in [2.75, 3.05) is 14.2 Å². The zero-order valence-corrected chi connectivity index (χ0v) is 18.4. The summed E-state index contributed by atoms with van der Waals surface area (Å²) in [6.07, 6.45) is -9.53. The molecule has 0 amide bonds. The predicted octanol–water partition coefficient (Wildman–Crippen LogP) is -0.112. The Morgan fingerprint density at radius 2 is 1.63 bits per heavy atom. The van der Waals surface area contributed by atoms with Crippen LogP contribution in [0.1, 0.15) is 0 Å². The van der Waals surface area contributed by atoms with Crippen LogP contribution < -0.4 is 19.6 Å². The van der Waals surface area contributed by atoms with Crippen molar-refractivity contribution in [1.29, 1.82) is 0 Å². The van der Waals surface area contributed by atoms with Gasteiger partial charge in [-0.05, 0) is 24.3 Å². The number of aromatic hydroxyl groups is 1. The van der Waals surface area contributed by atoms with Gasteiger partial charge in [-0.1, -0.05) is 0 Å². The molecule has 2 heterocycles. The number of hydrogen-bond donors (Lipinski definition) is 5. The molecule has 0 aliphatic carbocycles. The third kappa shape index (κ3) is 4.40. The third-order valence-corrected chi connectivity index (χ3v) is 5.51. The van der Waals surface area contributed by atoms with E-state index in [0.717, 1.165) is 6.07 Å². The Labute approximate surface area is 197 Å². The Morgan fingerprint density at radius 3 is 2.26 bits per heavy atom. The third-order valence-electron chi connectivity index (χ3n) is 5.51. The quantitative estimate of drug-likeness (QED) is 0.236. The molecule has 0 saturated carbocycles. The van der Waals surface area contributed by atoms with Gasteiger partial charge in [-0.25, -0.2) is 4.79 Å². The minimum absolute atomic E-state index is 0.123. The van der Waals surface area contributed by atoms with Crippen molar-refractivity contribution in [1.82, 2.24) is 0 Å². The van der Waals surface area contributed by atoms with E-state index >= 15 is 0 Å². The summed E-state index contributed by atoms with van der Waals surface area (Å²) in [4.78, 5) is 25.4. The molecule has 1 aliphatic heterocycles. The van der Waals surface area contributed by atoms with E-state index in [1.165, 1.54) is 20.3 Å². The van der Waals surface area contributed by atoms with Crippen LogP contribution in [-0.4, -0.2) is 76.4 Å². The second-order valence-corrected chi connectivity index (χ2v) is 7.67. The van der Waals surface area contributed by atoms with Gasteiger partial charge in [-0.15, -0.1) is 0 Å². The molecule has 1 aliphatic rings. The highest BCUT2D eigenvalue weighted by Crippen LogP contribution is 2.41. The average Bonchev–Trinajstić information content (AvgIpc) is 2.84. The van der Waals surface area contributed by atoms with Crippen LogP contribution in [0.25, 0.3) is 22.3 Å². The number of phenols is 1. The summed E-state index contributed by atoms with van der Waals surface area (Å²) in [5.41, 5.74) is -0.319. The standard InChI is InChI=1S/C23H22O12/c1-31-10-5-3-9(4-6-10)13-7-11(24)15-12(25)8-14(19(32-2)20(15)33-13)34-23(30)21-17(27)16(26)18(28)22(29)35-21/h3-8,16-18,21-22,25-29H,1-2H3/t16-,17-,18+,21-,22+/m0/s1. The van der Waals surface area contributed by atoms with Crippen molar-refractivity contribution >= 4 is 16.9 Å². The van der Waals surface area contributed by atoms with Crippen molar-refractivity contribution in [3.8, 4) is 34.3 Å². The fraction of sp³-hybridized carbons (Fsp3) is 0.304. The molecule has 5 atom stereocenters. The van der Waals surface area contributed by atoms with Crippen LogP contribution in [0.15, 0.2) is 45.6 Å². The second kappa shape index (κ2) is 9.52. The van der Waals surface area contributed by atoms with Gasteiger partial charge in [0, 0.05) is 17.7 Å². The maximum Gasteiger partial charge on any atom is 0.343 e. The molecule has 0 bridgehead atoms. The maximum atomic E-state index is 12.8. The monoisotopic (exact) mass is 490 g/mol. The smallest absolute Gasteiger partial charge is 0.343 e. The molecule has 12 heteroatoms. The number of phenolic OH excluding ortho intramolecular Hbond substituents is 1. The minimum atomic E-state index is -1.97. The summed E-state index contributed by atoms with van der Waals surface area (Å²) >= 11 is 0. The van der Waals surface area contributed by atoms with Crippen LogP contribution in [0.3, 0.4) is 0 Å². The van der Waals surface area contributed by atoms with Gasteiger partial charge in [0.1, 0.15) is 41.0 Å². The van der Waals surface area contributed by atoms with Crippen LogP contribution in [0, 0.1) is 0 Å². The van der Waals surface area contributed by atoms with Gasteiger partial charge in [-0.3, -0.25) is 4.79 Å². The number of rotatable bonds is 5. The second-order valence-electron chi connectivity index (χ2n) is 7.67. The lowest BCUT2D eigenvalue weighted by Crippen LogP contribution is -2.60. The summed E-state index contributed by atoms with van der Waals surface area (Å²) < 4.78 is 26.3. The molecule has 4 rings (SSSR count). The highest BCUT2D eigenvalue weighted by atomic mass is 16.7. The molecule has 0 unspecified atom stereocenters. The number of hydrogen-bond acceptors (Lipinski definition) is 12. The summed E-state index contributed by atoms with van der Waals surface area (Å²) in [6.45, 7) is 0. The fourth-order valence-electron chi connectivity index (χ4n) is 3.66. The zero-order valence-electron chi connectivity index (χ0n) is 18.4. The summed E-state index contributed by atoms with van der Waals surface area (Å²) in [6, 6.07) is 8.70. The van der Waals surface area contributed by atoms with Crippen LogP contribution in [-0.2, 0) is 9.53 Å². The van der Waals surface area contributed by atoms with E-state index in [9.17, 15) is 35.1 Å². The number of carbonyl (C=O) groups is 1. The van der Waals surface area contributed by atoms with E-state index in [-0.39, 0.29) is 22.5 Å². The molecule has 3 aromatic rings. The van der Waals surface area contributed by atoms with Gasteiger partial charge in [-0.2, -0.15) is 0 Å². The first-order chi connectivity index (χ1) is 16.7. The lowest BCUT2D eigenvalue weighted by Gasteiger charge is -2.36. The van der Waals surface area contributed by atoms with Crippen LogP contribution in [0.2, 0.25) is 0 Å². The first kappa shape index (κ1) is 24.4. The van der Waals surface area contributed by atoms with Gasteiger partial charge in [0.2, 0.25) is 5.75 Å². The van der Waals surface area contributed by atoms with E-state index in [1.807, 2.05) is 0 Å².